The van der Waals surface area contributed by atoms with Gasteiger partial charge in [0, 0.05) is 11.3 Å². The van der Waals surface area contributed by atoms with Crippen molar-refractivity contribution in [2.75, 3.05) is 5.32 Å². The minimum Gasteiger partial charge on any atom is -0.377 e. The normalized spacial score (nSPS) is 17.4. The molecule has 0 saturated carbocycles. The van der Waals surface area contributed by atoms with Crippen molar-refractivity contribution >= 4 is 12.0 Å². The summed E-state index contributed by atoms with van der Waals surface area (Å²) in [4.78, 5) is 11.1. The summed E-state index contributed by atoms with van der Waals surface area (Å²) in [5, 5.41) is 3.53. The highest BCUT2D eigenvalue weighted by molar-refractivity contribution is 5.86. The second kappa shape index (κ2) is 4.88. The molecule has 0 spiro atoms. The van der Waals surface area contributed by atoms with E-state index in [4.69, 9.17) is 0 Å². The molecule has 0 fully saturated rings. The lowest BCUT2D eigenvalue weighted by Gasteiger charge is -2.28. The third kappa shape index (κ3) is 2.26. The molecule has 0 radical (unpaired) electrons. The molecule has 2 aromatic carbocycles. The van der Waals surface area contributed by atoms with E-state index in [-0.39, 0.29) is 0 Å². The molecule has 96 valence electrons. The van der Waals surface area contributed by atoms with Crippen LogP contribution in [-0.2, 0) is 6.42 Å². The molecule has 2 nitrogen and oxygen atoms in total. The first-order chi connectivity index (χ1) is 9.28. The van der Waals surface area contributed by atoms with Crippen LogP contribution >= 0.6 is 0 Å². The van der Waals surface area contributed by atoms with Crippen LogP contribution < -0.4 is 5.32 Å². The van der Waals surface area contributed by atoms with Gasteiger partial charge < -0.3 is 5.32 Å². The molecule has 2 heteroatoms. The van der Waals surface area contributed by atoms with Crippen LogP contribution in [0.25, 0.3) is 0 Å². The van der Waals surface area contributed by atoms with E-state index in [2.05, 4.69) is 42.6 Å². The number of rotatable bonds is 2. The first-order valence-corrected chi connectivity index (χ1v) is 6.68. The van der Waals surface area contributed by atoms with Gasteiger partial charge in [0.2, 0.25) is 0 Å². The molecule has 0 bridgehead atoms. The number of carbonyl (C=O) groups excluding carboxylic acids is 1. The molecule has 1 N–H and O–H groups in total. The van der Waals surface area contributed by atoms with E-state index in [1.165, 1.54) is 16.7 Å². The van der Waals surface area contributed by atoms with Crippen LogP contribution in [-0.4, -0.2) is 6.29 Å². The van der Waals surface area contributed by atoms with Crippen molar-refractivity contribution in [3.05, 3.63) is 64.7 Å². The molecule has 19 heavy (non-hydrogen) atoms. The Morgan fingerprint density at radius 1 is 1.21 bits per heavy atom. The smallest absolute Gasteiger partial charge is 0.152 e. The van der Waals surface area contributed by atoms with E-state index in [0.717, 1.165) is 30.4 Å². The summed E-state index contributed by atoms with van der Waals surface area (Å²) >= 11 is 0. The molecule has 1 unspecified atom stereocenters. The Balaban J connectivity index is 1.95. The van der Waals surface area contributed by atoms with Gasteiger partial charge in [0.05, 0.1) is 6.04 Å². The quantitative estimate of drug-likeness (QED) is 0.820. The maximum atomic E-state index is 11.1. The molecule has 1 aliphatic rings. The zero-order valence-electron chi connectivity index (χ0n) is 11.0. The number of benzene rings is 2. The molecule has 0 aromatic heterocycles. The van der Waals surface area contributed by atoms with Crippen molar-refractivity contribution in [1.82, 2.24) is 0 Å². The Kier molecular flexibility index (Phi) is 3.08. The van der Waals surface area contributed by atoms with Crippen molar-refractivity contribution < 1.29 is 4.79 Å². The standard InChI is InChI=1S/C17H17NO/c1-12-4-2-6-14(10-12)16-9-8-13-5-3-7-15(11-19)17(13)18-16/h2-7,10-11,16,18H,8-9H2,1H3. The Hall–Kier alpha value is -2.09. The zero-order valence-corrected chi connectivity index (χ0v) is 11.0. The third-order valence-corrected chi connectivity index (χ3v) is 3.78. The Bertz CT molecular complexity index is 618. The van der Waals surface area contributed by atoms with Crippen LogP contribution in [0.1, 0.15) is 39.5 Å². The molecular formula is C17H17NO. The number of hydrogen-bond acceptors (Lipinski definition) is 2. The minimum absolute atomic E-state index is 0.300. The number of nitrogens with one attached hydrogen (secondary N) is 1. The van der Waals surface area contributed by atoms with E-state index in [1.54, 1.807) is 0 Å². The average molecular weight is 251 g/mol. The number of para-hydroxylation sites is 1. The predicted octanol–water partition coefficient (Wildman–Crippen LogP) is 3.91. The Morgan fingerprint density at radius 3 is 2.84 bits per heavy atom. The minimum atomic E-state index is 0.300. The second-order valence-corrected chi connectivity index (χ2v) is 5.15. The number of fused-ring (bicyclic) bond motifs is 1. The number of aldehydes is 1. The fraction of sp³-hybridized carbons (Fsp3) is 0.235. The summed E-state index contributed by atoms with van der Waals surface area (Å²) in [6, 6.07) is 14.8. The van der Waals surface area contributed by atoms with Crippen molar-refractivity contribution in [1.29, 1.82) is 0 Å². The van der Waals surface area contributed by atoms with Crippen LogP contribution in [0.4, 0.5) is 5.69 Å². The summed E-state index contributed by atoms with van der Waals surface area (Å²) in [5.41, 5.74) is 5.58. The summed E-state index contributed by atoms with van der Waals surface area (Å²) in [6.45, 7) is 2.11. The summed E-state index contributed by atoms with van der Waals surface area (Å²) in [5.74, 6) is 0. The number of hydrogen-bond donors (Lipinski definition) is 1. The Morgan fingerprint density at radius 2 is 2.05 bits per heavy atom. The third-order valence-electron chi connectivity index (χ3n) is 3.78. The highest BCUT2D eigenvalue weighted by Crippen LogP contribution is 2.34. The van der Waals surface area contributed by atoms with Crippen molar-refractivity contribution in [3.8, 4) is 0 Å². The first kappa shape index (κ1) is 12.0. The molecular weight excluding hydrogens is 234 g/mol. The number of aryl methyl sites for hydroxylation is 2. The summed E-state index contributed by atoms with van der Waals surface area (Å²) in [7, 11) is 0. The number of carbonyl (C=O) groups is 1. The van der Waals surface area contributed by atoms with Crippen molar-refractivity contribution in [2.24, 2.45) is 0 Å². The predicted molar refractivity (Wildman–Crippen MR) is 77.7 cm³/mol. The van der Waals surface area contributed by atoms with Crippen molar-refractivity contribution in [2.45, 2.75) is 25.8 Å². The molecule has 3 rings (SSSR count). The van der Waals surface area contributed by atoms with Gasteiger partial charge in [0.15, 0.2) is 6.29 Å². The molecule has 0 saturated heterocycles. The van der Waals surface area contributed by atoms with E-state index in [9.17, 15) is 4.79 Å². The van der Waals surface area contributed by atoms with Gasteiger partial charge in [-0.2, -0.15) is 0 Å². The van der Waals surface area contributed by atoms with Gasteiger partial charge in [-0.25, -0.2) is 0 Å². The topological polar surface area (TPSA) is 29.1 Å². The lowest BCUT2D eigenvalue weighted by molar-refractivity contribution is 0.112. The molecule has 1 atom stereocenters. The van der Waals surface area contributed by atoms with Crippen molar-refractivity contribution in [3.63, 3.8) is 0 Å². The van der Waals surface area contributed by atoms with E-state index in [1.807, 2.05) is 12.1 Å². The van der Waals surface area contributed by atoms with Crippen LogP contribution in [0.3, 0.4) is 0 Å². The zero-order chi connectivity index (χ0) is 13.2. The van der Waals surface area contributed by atoms with Gasteiger partial charge in [-0.05, 0) is 37.0 Å². The molecule has 1 heterocycles. The van der Waals surface area contributed by atoms with Gasteiger partial charge in [-0.3, -0.25) is 4.79 Å². The monoisotopic (exact) mass is 251 g/mol. The maximum Gasteiger partial charge on any atom is 0.152 e. The fourth-order valence-electron chi connectivity index (χ4n) is 2.79. The second-order valence-electron chi connectivity index (χ2n) is 5.15. The van der Waals surface area contributed by atoms with E-state index >= 15 is 0 Å². The lowest BCUT2D eigenvalue weighted by Crippen LogP contribution is -2.19. The van der Waals surface area contributed by atoms with E-state index in [0.29, 0.717) is 6.04 Å². The van der Waals surface area contributed by atoms with Gasteiger partial charge in [0.1, 0.15) is 0 Å². The Labute approximate surface area is 113 Å². The number of anilines is 1. The molecule has 1 aliphatic heterocycles. The molecule has 0 amide bonds. The van der Waals surface area contributed by atoms with Crippen LogP contribution in [0.5, 0.6) is 0 Å². The maximum absolute atomic E-state index is 11.1. The van der Waals surface area contributed by atoms with Gasteiger partial charge in [-0.1, -0.05) is 42.0 Å². The van der Waals surface area contributed by atoms with Crippen LogP contribution in [0.2, 0.25) is 0 Å². The highest BCUT2D eigenvalue weighted by Gasteiger charge is 2.20. The van der Waals surface area contributed by atoms with Crippen LogP contribution in [0, 0.1) is 6.92 Å². The summed E-state index contributed by atoms with van der Waals surface area (Å²) in [6.07, 6.45) is 3.02. The highest BCUT2D eigenvalue weighted by atomic mass is 16.1. The fourth-order valence-corrected chi connectivity index (χ4v) is 2.79. The average Bonchev–Trinajstić information content (AvgIpc) is 2.46. The SMILES string of the molecule is Cc1cccc(C2CCc3cccc(C=O)c3N2)c1. The lowest BCUT2D eigenvalue weighted by atomic mass is 9.91. The van der Waals surface area contributed by atoms with E-state index < -0.39 is 0 Å². The molecule has 2 aromatic rings. The largest absolute Gasteiger partial charge is 0.377 e. The summed E-state index contributed by atoms with van der Waals surface area (Å²) < 4.78 is 0. The van der Waals surface area contributed by atoms with Gasteiger partial charge in [0.25, 0.3) is 0 Å². The van der Waals surface area contributed by atoms with Gasteiger partial charge >= 0.3 is 0 Å². The first-order valence-electron chi connectivity index (χ1n) is 6.68. The van der Waals surface area contributed by atoms with Crippen LogP contribution in [0.15, 0.2) is 42.5 Å². The van der Waals surface area contributed by atoms with Gasteiger partial charge in [-0.15, -0.1) is 0 Å². The molecule has 0 aliphatic carbocycles.